The van der Waals surface area contributed by atoms with Gasteiger partial charge >= 0.3 is 0 Å². The van der Waals surface area contributed by atoms with Gasteiger partial charge in [-0.1, -0.05) is 27.7 Å². The van der Waals surface area contributed by atoms with Crippen molar-refractivity contribution in [2.45, 2.75) is 33.7 Å². The molecule has 0 aromatic carbocycles. The Morgan fingerprint density at radius 3 is 2.41 bits per heavy atom. The molecule has 0 unspecified atom stereocenters. The summed E-state index contributed by atoms with van der Waals surface area (Å²) in [5.41, 5.74) is 0.454. The van der Waals surface area contributed by atoms with Crippen LogP contribution in [0.5, 0.6) is 5.75 Å². The quantitative estimate of drug-likeness (QED) is 0.822. The molecule has 0 radical (unpaired) electrons. The lowest BCUT2D eigenvalue weighted by Gasteiger charge is -2.07. The summed E-state index contributed by atoms with van der Waals surface area (Å²) in [6.07, 6.45) is 2.77. The van der Waals surface area contributed by atoms with Crippen LogP contribution in [-0.4, -0.2) is 22.0 Å². The van der Waals surface area contributed by atoms with Crippen molar-refractivity contribution in [3.05, 3.63) is 24.0 Å². The normalized spacial score (nSPS) is 20.9. The molecule has 1 fully saturated rings. The van der Waals surface area contributed by atoms with Crippen molar-refractivity contribution in [3.63, 3.8) is 0 Å². The summed E-state index contributed by atoms with van der Waals surface area (Å²) in [7, 11) is 0. The molecule has 2 rings (SSSR count). The Morgan fingerprint density at radius 2 is 1.94 bits per heavy atom. The highest BCUT2D eigenvalue weighted by Crippen LogP contribution is 2.62. The van der Waals surface area contributed by atoms with Gasteiger partial charge in [-0.3, -0.25) is 9.78 Å². The van der Waals surface area contributed by atoms with Crippen LogP contribution in [0.1, 0.15) is 38.1 Å². The van der Waals surface area contributed by atoms with E-state index in [2.05, 4.69) is 38.0 Å². The molecule has 0 bridgehead atoms. The Hall–Kier alpha value is -1.58. The molecule has 1 heterocycles. The van der Waals surface area contributed by atoms with Gasteiger partial charge in [-0.25, -0.2) is 0 Å². The Balaban J connectivity index is 2.13. The van der Waals surface area contributed by atoms with Crippen LogP contribution in [0.15, 0.2) is 18.5 Å². The molecule has 1 aromatic heterocycles. The van der Waals surface area contributed by atoms with Crippen LogP contribution in [0.2, 0.25) is 0 Å². The number of carbonyl (C=O) groups excluding carboxylic acids is 1. The number of nitrogens with one attached hydrogen (secondary N) is 1. The molecule has 4 heteroatoms. The molecular formula is C13H18N2O2. The minimum absolute atomic E-state index is 0.0822. The number of amides is 1. The highest BCUT2D eigenvalue weighted by molar-refractivity contribution is 5.97. The van der Waals surface area contributed by atoms with Gasteiger partial charge in [0.2, 0.25) is 0 Å². The zero-order valence-electron chi connectivity index (χ0n) is 10.6. The molecule has 0 aliphatic heterocycles. The molecule has 1 aromatic rings. The van der Waals surface area contributed by atoms with E-state index in [1.165, 1.54) is 18.5 Å². The number of carbonyl (C=O) groups is 1. The average Bonchev–Trinajstić information content (AvgIpc) is 2.61. The first kappa shape index (κ1) is 11.9. The number of hydrogen-bond acceptors (Lipinski definition) is 3. The lowest BCUT2D eigenvalue weighted by Crippen LogP contribution is -2.29. The van der Waals surface area contributed by atoms with Crippen LogP contribution in [0, 0.1) is 10.8 Å². The molecular weight excluding hydrogens is 216 g/mol. The molecule has 2 N–H and O–H groups in total. The summed E-state index contributed by atoms with van der Waals surface area (Å²) in [6.45, 7) is 8.52. The third-order valence-corrected chi connectivity index (χ3v) is 4.34. The van der Waals surface area contributed by atoms with Crippen LogP contribution in [0.25, 0.3) is 0 Å². The second-order valence-corrected chi connectivity index (χ2v) is 5.74. The maximum absolute atomic E-state index is 12.0. The van der Waals surface area contributed by atoms with Crippen LogP contribution >= 0.6 is 0 Å². The molecule has 92 valence electrons. The Labute approximate surface area is 101 Å². The maximum atomic E-state index is 12.0. The van der Waals surface area contributed by atoms with Crippen molar-refractivity contribution in [1.82, 2.24) is 10.3 Å². The molecule has 1 aliphatic carbocycles. The van der Waals surface area contributed by atoms with Crippen molar-refractivity contribution in [2.75, 3.05) is 0 Å². The minimum atomic E-state index is -0.242. The first-order chi connectivity index (χ1) is 7.78. The number of hydrogen-bond donors (Lipinski definition) is 2. The van der Waals surface area contributed by atoms with Gasteiger partial charge in [0.1, 0.15) is 5.75 Å². The summed E-state index contributed by atoms with van der Waals surface area (Å²) in [6, 6.07) is 1.66. The standard InChI is InChI=1S/C13H18N2O2/c1-12(2)11(13(12,3)4)15-10(17)8-5-6-14-7-9(8)16/h5-7,11,16H,1-4H3,(H,15,17). The molecule has 4 nitrogen and oxygen atoms in total. The number of pyridine rings is 1. The predicted octanol–water partition coefficient (Wildman–Crippen LogP) is 1.95. The van der Waals surface area contributed by atoms with Gasteiger partial charge in [0.25, 0.3) is 5.91 Å². The lowest BCUT2D eigenvalue weighted by atomic mass is 10.0. The minimum Gasteiger partial charge on any atom is -0.505 e. The molecule has 0 atom stereocenters. The first-order valence-electron chi connectivity index (χ1n) is 5.72. The fourth-order valence-electron chi connectivity index (χ4n) is 2.34. The van der Waals surface area contributed by atoms with Crippen molar-refractivity contribution >= 4 is 5.91 Å². The lowest BCUT2D eigenvalue weighted by molar-refractivity contribution is 0.0941. The zero-order valence-corrected chi connectivity index (χ0v) is 10.6. The second-order valence-electron chi connectivity index (χ2n) is 5.74. The monoisotopic (exact) mass is 234 g/mol. The van der Waals surface area contributed by atoms with E-state index in [1.807, 2.05) is 0 Å². The summed E-state index contributed by atoms with van der Waals surface area (Å²) in [5, 5.41) is 12.5. The van der Waals surface area contributed by atoms with E-state index >= 15 is 0 Å². The van der Waals surface area contributed by atoms with E-state index in [0.717, 1.165) is 0 Å². The van der Waals surface area contributed by atoms with Gasteiger partial charge in [0.15, 0.2) is 0 Å². The van der Waals surface area contributed by atoms with Gasteiger partial charge in [-0.2, -0.15) is 0 Å². The van der Waals surface area contributed by atoms with E-state index in [0.29, 0.717) is 0 Å². The fraction of sp³-hybridized carbons (Fsp3) is 0.538. The summed E-state index contributed by atoms with van der Waals surface area (Å²) >= 11 is 0. The van der Waals surface area contributed by atoms with Crippen molar-refractivity contribution in [2.24, 2.45) is 10.8 Å². The highest BCUT2D eigenvalue weighted by atomic mass is 16.3. The summed E-state index contributed by atoms with van der Waals surface area (Å²) in [5.74, 6) is -0.324. The third-order valence-electron chi connectivity index (χ3n) is 4.34. The van der Waals surface area contributed by atoms with E-state index in [4.69, 9.17) is 0 Å². The molecule has 1 aliphatic rings. The van der Waals surface area contributed by atoms with E-state index in [-0.39, 0.29) is 34.1 Å². The van der Waals surface area contributed by atoms with Crippen molar-refractivity contribution < 1.29 is 9.90 Å². The smallest absolute Gasteiger partial charge is 0.255 e. The Bertz CT molecular complexity index is 452. The molecule has 0 saturated heterocycles. The predicted molar refractivity (Wildman–Crippen MR) is 64.7 cm³/mol. The summed E-state index contributed by atoms with van der Waals surface area (Å²) < 4.78 is 0. The highest BCUT2D eigenvalue weighted by Gasteiger charge is 2.65. The molecule has 17 heavy (non-hydrogen) atoms. The fourth-order valence-corrected chi connectivity index (χ4v) is 2.34. The number of aromatic nitrogens is 1. The average molecular weight is 234 g/mol. The van der Waals surface area contributed by atoms with Crippen LogP contribution < -0.4 is 5.32 Å². The number of nitrogens with zero attached hydrogens (tertiary/aromatic N) is 1. The van der Waals surface area contributed by atoms with E-state index < -0.39 is 0 Å². The van der Waals surface area contributed by atoms with Crippen LogP contribution in [0.3, 0.4) is 0 Å². The first-order valence-corrected chi connectivity index (χ1v) is 5.72. The second kappa shape index (κ2) is 3.45. The van der Waals surface area contributed by atoms with E-state index in [1.54, 1.807) is 0 Å². The number of aromatic hydroxyl groups is 1. The van der Waals surface area contributed by atoms with Crippen molar-refractivity contribution in [1.29, 1.82) is 0 Å². The molecule has 0 spiro atoms. The van der Waals surface area contributed by atoms with Gasteiger partial charge in [0, 0.05) is 12.2 Å². The van der Waals surface area contributed by atoms with Crippen LogP contribution in [-0.2, 0) is 0 Å². The zero-order chi connectivity index (χ0) is 12.8. The largest absolute Gasteiger partial charge is 0.505 e. The van der Waals surface area contributed by atoms with E-state index in [9.17, 15) is 9.90 Å². The Morgan fingerprint density at radius 1 is 1.35 bits per heavy atom. The summed E-state index contributed by atoms with van der Waals surface area (Å²) in [4.78, 5) is 15.7. The van der Waals surface area contributed by atoms with Crippen LogP contribution in [0.4, 0.5) is 0 Å². The van der Waals surface area contributed by atoms with Gasteiger partial charge in [0.05, 0.1) is 11.8 Å². The van der Waals surface area contributed by atoms with Gasteiger partial charge in [-0.15, -0.1) is 0 Å². The number of rotatable bonds is 2. The molecule has 1 saturated carbocycles. The molecule has 1 amide bonds. The topological polar surface area (TPSA) is 62.2 Å². The Kier molecular flexibility index (Phi) is 2.42. The van der Waals surface area contributed by atoms with Gasteiger partial charge < -0.3 is 10.4 Å². The third kappa shape index (κ3) is 1.68. The van der Waals surface area contributed by atoms with Gasteiger partial charge in [-0.05, 0) is 16.9 Å². The SMILES string of the molecule is CC1(C)C(NC(=O)c2ccncc2O)C1(C)C. The maximum Gasteiger partial charge on any atom is 0.255 e. The van der Waals surface area contributed by atoms with Crippen molar-refractivity contribution in [3.8, 4) is 5.75 Å².